The van der Waals surface area contributed by atoms with Crippen LogP contribution in [-0.2, 0) is 10.1 Å². The maximum atomic E-state index is 10.4. The molecule has 0 aliphatic heterocycles. The molecule has 0 saturated heterocycles. The van der Waals surface area contributed by atoms with Crippen molar-refractivity contribution in [2.45, 2.75) is 18.9 Å². The first kappa shape index (κ1) is 15.8. The third kappa shape index (κ3) is 5.73. The van der Waals surface area contributed by atoms with Crippen molar-refractivity contribution < 1.29 is 33.4 Å². The molecule has 0 spiro atoms. The van der Waals surface area contributed by atoms with Gasteiger partial charge in [0.1, 0.15) is 5.75 Å². The zero-order chi connectivity index (χ0) is 12.8. The first-order valence-electron chi connectivity index (χ1n) is 4.74. The molecule has 1 atom stereocenters. The summed E-state index contributed by atoms with van der Waals surface area (Å²) in [7, 11) is -4.25. The van der Waals surface area contributed by atoms with Crippen molar-refractivity contribution in [1.29, 1.82) is 0 Å². The molecule has 0 radical (unpaired) electrons. The highest BCUT2D eigenvalue weighted by molar-refractivity contribution is 7.85. The lowest BCUT2D eigenvalue weighted by Crippen LogP contribution is -2.35. The molecule has 0 heterocycles. The molecule has 1 unspecified atom stereocenters. The van der Waals surface area contributed by atoms with Crippen molar-refractivity contribution in [3.8, 4) is 0 Å². The van der Waals surface area contributed by atoms with Crippen LogP contribution in [0.3, 0.4) is 0 Å². The van der Waals surface area contributed by atoms with Crippen LogP contribution in [0.2, 0.25) is 0 Å². The van der Waals surface area contributed by atoms with Crippen molar-refractivity contribution >= 4 is 10.1 Å². The predicted octanol–water partition coefficient (Wildman–Crippen LogP) is -2.02. The Balaban J connectivity index is 4.21. The van der Waals surface area contributed by atoms with Crippen LogP contribution in [0.5, 0.6) is 0 Å². The smallest absolute Gasteiger partial charge is 0.267 e. The first-order chi connectivity index (χ1) is 7.28. The highest BCUT2D eigenvalue weighted by Crippen LogP contribution is 2.23. The summed E-state index contributed by atoms with van der Waals surface area (Å²) in [6.07, 6.45) is -1.30. The molecule has 8 heteroatoms. The minimum atomic E-state index is -4.25. The number of hydrogen-bond acceptors (Lipinski definition) is 6. The minimum Gasteiger partial charge on any atom is -0.396 e. The van der Waals surface area contributed by atoms with Crippen LogP contribution >= 0.6 is 0 Å². The normalized spacial score (nSPS) is 15.1. The lowest BCUT2D eigenvalue weighted by atomic mass is 9.85. The number of hydrogen-bond donors (Lipinski definition) is 5. The Morgan fingerprint density at radius 3 is 1.81 bits per heavy atom. The molecule has 0 aromatic carbocycles. The second-order valence-electron chi connectivity index (χ2n) is 3.92. The van der Waals surface area contributed by atoms with Crippen molar-refractivity contribution in [2.75, 3.05) is 25.6 Å². The van der Waals surface area contributed by atoms with E-state index in [9.17, 15) is 13.5 Å². The quantitative estimate of drug-likeness (QED) is 0.317. The topological polar surface area (TPSA) is 135 Å². The van der Waals surface area contributed by atoms with Gasteiger partial charge >= 0.3 is 0 Å². The molecule has 0 aromatic rings. The Hall–Kier alpha value is -0.250. The molecule has 0 aromatic heterocycles. The van der Waals surface area contributed by atoms with Gasteiger partial charge in [-0.3, -0.25) is 4.55 Å². The second kappa shape index (κ2) is 6.48. The Kier molecular flexibility index (Phi) is 6.38. The van der Waals surface area contributed by atoms with E-state index in [0.29, 0.717) is 0 Å². The van der Waals surface area contributed by atoms with Gasteiger partial charge in [-0.25, -0.2) is 0 Å². The molecule has 0 saturated carbocycles. The van der Waals surface area contributed by atoms with Crippen LogP contribution in [-0.4, -0.2) is 65.1 Å². The highest BCUT2D eigenvalue weighted by atomic mass is 32.2. The third-order valence-corrected chi connectivity index (χ3v) is 3.22. The summed E-state index contributed by atoms with van der Waals surface area (Å²) in [5.41, 5.74) is -1.14. The molecule has 0 amide bonds. The van der Waals surface area contributed by atoms with E-state index in [1.807, 2.05) is 0 Å². The lowest BCUT2D eigenvalue weighted by molar-refractivity contribution is -0.00883. The molecular formula is C8H18O7S. The largest absolute Gasteiger partial charge is 0.396 e. The Morgan fingerprint density at radius 2 is 1.50 bits per heavy atom. The number of aliphatic hydroxyl groups is 4. The molecular weight excluding hydrogens is 240 g/mol. The van der Waals surface area contributed by atoms with Gasteiger partial charge in [0.15, 0.2) is 0 Å². The highest BCUT2D eigenvalue weighted by Gasteiger charge is 2.29. The van der Waals surface area contributed by atoms with E-state index in [1.165, 1.54) is 0 Å². The average molecular weight is 258 g/mol. The molecule has 0 aliphatic rings. The van der Waals surface area contributed by atoms with Gasteiger partial charge in [0, 0.05) is 5.41 Å². The van der Waals surface area contributed by atoms with Crippen LogP contribution in [0.15, 0.2) is 0 Å². The molecule has 98 valence electrons. The molecule has 0 bridgehead atoms. The van der Waals surface area contributed by atoms with Gasteiger partial charge in [0.2, 0.25) is 0 Å². The van der Waals surface area contributed by atoms with Gasteiger partial charge in [0.05, 0.1) is 25.9 Å². The van der Waals surface area contributed by atoms with E-state index in [1.54, 1.807) is 0 Å². The summed E-state index contributed by atoms with van der Waals surface area (Å²) in [4.78, 5) is 0. The van der Waals surface area contributed by atoms with Crippen molar-refractivity contribution in [1.82, 2.24) is 0 Å². The van der Waals surface area contributed by atoms with Crippen LogP contribution in [0.25, 0.3) is 0 Å². The van der Waals surface area contributed by atoms with E-state index in [4.69, 9.17) is 19.9 Å². The summed E-state index contributed by atoms with van der Waals surface area (Å²) >= 11 is 0. The van der Waals surface area contributed by atoms with E-state index < -0.39 is 47.2 Å². The van der Waals surface area contributed by atoms with Gasteiger partial charge in [-0.2, -0.15) is 8.42 Å². The van der Waals surface area contributed by atoms with Crippen molar-refractivity contribution in [3.63, 3.8) is 0 Å². The Bertz CT molecular complexity index is 274. The summed E-state index contributed by atoms with van der Waals surface area (Å²) in [5.74, 6) is -0.800. The number of rotatable bonds is 8. The fourth-order valence-corrected chi connectivity index (χ4v) is 1.84. The van der Waals surface area contributed by atoms with E-state index in [0.717, 1.165) is 0 Å². The molecule has 5 N–H and O–H groups in total. The lowest BCUT2D eigenvalue weighted by Gasteiger charge is -2.27. The standard InChI is InChI=1S/C8H18O7S/c9-4-8(5-10,6-11)2-1-7(12)3-16(13,14)15/h7,9-12H,1-6H2,(H,13,14,15). The van der Waals surface area contributed by atoms with Crippen LogP contribution in [0.4, 0.5) is 0 Å². The van der Waals surface area contributed by atoms with Gasteiger partial charge < -0.3 is 20.4 Å². The summed E-state index contributed by atoms with van der Waals surface area (Å²) in [6.45, 7) is -1.42. The molecule has 0 rings (SSSR count). The third-order valence-electron chi connectivity index (χ3n) is 2.42. The zero-order valence-electron chi connectivity index (χ0n) is 8.78. The summed E-state index contributed by atoms with van der Waals surface area (Å²) < 4.78 is 29.3. The number of aliphatic hydroxyl groups excluding tert-OH is 4. The molecule has 16 heavy (non-hydrogen) atoms. The van der Waals surface area contributed by atoms with Gasteiger partial charge in [0.25, 0.3) is 10.1 Å². The molecule has 0 aliphatic carbocycles. The van der Waals surface area contributed by atoms with Crippen molar-refractivity contribution in [3.05, 3.63) is 0 Å². The maximum absolute atomic E-state index is 10.4. The van der Waals surface area contributed by atoms with Crippen LogP contribution < -0.4 is 0 Å². The fourth-order valence-electron chi connectivity index (χ4n) is 1.19. The van der Waals surface area contributed by atoms with E-state index >= 15 is 0 Å². The van der Waals surface area contributed by atoms with E-state index in [-0.39, 0.29) is 12.8 Å². The summed E-state index contributed by atoms with van der Waals surface area (Å²) in [6, 6.07) is 0. The van der Waals surface area contributed by atoms with Gasteiger partial charge in [-0.1, -0.05) is 0 Å². The zero-order valence-corrected chi connectivity index (χ0v) is 9.60. The predicted molar refractivity (Wildman–Crippen MR) is 55.3 cm³/mol. The maximum Gasteiger partial charge on any atom is 0.267 e. The Labute approximate surface area is 94.1 Å². The monoisotopic (exact) mass is 258 g/mol. The minimum absolute atomic E-state index is 0.0488. The Morgan fingerprint density at radius 1 is 1.06 bits per heavy atom. The second-order valence-corrected chi connectivity index (χ2v) is 5.41. The summed E-state index contributed by atoms with van der Waals surface area (Å²) in [5, 5.41) is 36.1. The fraction of sp³-hybridized carbons (Fsp3) is 1.00. The SMILES string of the molecule is O=S(=O)(O)CC(O)CCC(CO)(CO)CO. The van der Waals surface area contributed by atoms with Crippen LogP contribution in [0, 0.1) is 5.41 Å². The first-order valence-corrected chi connectivity index (χ1v) is 6.35. The average Bonchev–Trinajstić information content (AvgIpc) is 2.18. The molecule has 0 fully saturated rings. The van der Waals surface area contributed by atoms with Gasteiger partial charge in [-0.05, 0) is 12.8 Å². The molecule has 7 nitrogen and oxygen atoms in total. The van der Waals surface area contributed by atoms with Crippen molar-refractivity contribution in [2.24, 2.45) is 5.41 Å². The van der Waals surface area contributed by atoms with Gasteiger partial charge in [-0.15, -0.1) is 0 Å². The van der Waals surface area contributed by atoms with E-state index in [2.05, 4.69) is 0 Å². The van der Waals surface area contributed by atoms with Crippen LogP contribution in [0.1, 0.15) is 12.8 Å².